The van der Waals surface area contributed by atoms with Gasteiger partial charge in [0.15, 0.2) is 3.55 Å². The summed E-state index contributed by atoms with van der Waals surface area (Å²) >= 11 is 1.89. The summed E-state index contributed by atoms with van der Waals surface area (Å²) < 4.78 is 8.20. The molecule has 0 fully saturated rings. The summed E-state index contributed by atoms with van der Waals surface area (Å²) in [6, 6.07) is -0.780. The van der Waals surface area contributed by atoms with E-state index in [1.54, 1.807) is 6.92 Å². The zero-order chi connectivity index (χ0) is 17.5. The van der Waals surface area contributed by atoms with Gasteiger partial charge in [0.2, 0.25) is 5.91 Å². The number of carbonyl (C=O) groups is 3. The van der Waals surface area contributed by atoms with Gasteiger partial charge in [0.1, 0.15) is 6.04 Å². The van der Waals surface area contributed by atoms with E-state index >= 15 is 0 Å². The molecule has 7 nitrogen and oxygen atoms in total. The first kappa shape index (κ1) is 20.9. The Morgan fingerprint density at radius 1 is 1.23 bits per heavy atom. The van der Waals surface area contributed by atoms with Gasteiger partial charge in [-0.05, 0) is 41.9 Å². The van der Waals surface area contributed by atoms with E-state index in [1.807, 2.05) is 43.4 Å². The summed E-state index contributed by atoms with van der Waals surface area (Å²) in [5, 5.41) is 2.53. The Hall–Kier alpha value is -1.06. The van der Waals surface area contributed by atoms with Crippen LogP contribution in [0.15, 0.2) is 0 Å². The molecule has 0 aliphatic heterocycles. The van der Waals surface area contributed by atoms with E-state index < -0.39 is 21.7 Å². The van der Waals surface area contributed by atoms with Crippen LogP contribution >= 0.6 is 22.6 Å². The summed E-state index contributed by atoms with van der Waals surface area (Å²) in [5.74, 6) is -1.02. The fourth-order valence-electron chi connectivity index (χ4n) is 1.91. The lowest BCUT2D eigenvalue weighted by Crippen LogP contribution is -2.59. The molecule has 2 atom stereocenters. The minimum absolute atomic E-state index is 0.157. The molecule has 1 N–H and O–H groups in total. The van der Waals surface area contributed by atoms with Gasteiger partial charge in [-0.1, -0.05) is 20.8 Å². The molecule has 0 aromatic rings. The van der Waals surface area contributed by atoms with Gasteiger partial charge in [0.25, 0.3) is 0 Å². The highest BCUT2D eigenvalue weighted by Gasteiger charge is 2.43. The quantitative estimate of drug-likeness (QED) is 0.290. The number of esters is 1. The molecule has 0 spiro atoms. The molecule has 0 unspecified atom stereocenters. The molecule has 0 heterocycles. The maximum Gasteiger partial charge on any atom is 0.407 e. The number of rotatable bonds is 7. The van der Waals surface area contributed by atoms with Gasteiger partial charge < -0.3 is 19.7 Å². The van der Waals surface area contributed by atoms with Gasteiger partial charge >= 0.3 is 12.1 Å². The Morgan fingerprint density at radius 2 is 1.77 bits per heavy atom. The van der Waals surface area contributed by atoms with Crippen molar-refractivity contribution in [2.24, 2.45) is 5.92 Å². The van der Waals surface area contributed by atoms with Crippen molar-refractivity contribution in [3.63, 3.8) is 0 Å². The number of hydrogen-bond donors (Lipinski definition) is 1. The maximum absolute atomic E-state index is 12.8. The SMILES string of the molecule is CCCN(C(=O)[C@@H](NC(=O)OC)C(C)C)[C@@](C)(I)C(=O)OC. The highest BCUT2D eigenvalue weighted by Crippen LogP contribution is 2.27. The molecule has 0 radical (unpaired) electrons. The van der Waals surface area contributed by atoms with Crippen molar-refractivity contribution in [3.05, 3.63) is 0 Å². The summed E-state index contributed by atoms with van der Waals surface area (Å²) in [4.78, 5) is 37.7. The van der Waals surface area contributed by atoms with E-state index in [0.717, 1.165) is 0 Å². The predicted octanol–water partition coefficient (Wildman–Crippen LogP) is 1.93. The van der Waals surface area contributed by atoms with Crippen molar-refractivity contribution in [1.82, 2.24) is 10.2 Å². The number of hydrogen-bond acceptors (Lipinski definition) is 5. The first-order valence-electron chi connectivity index (χ1n) is 7.06. The summed E-state index contributed by atoms with van der Waals surface area (Å²) in [5.41, 5.74) is 0. The highest BCUT2D eigenvalue weighted by atomic mass is 127. The first-order valence-corrected chi connectivity index (χ1v) is 8.14. The fraction of sp³-hybridized carbons (Fsp3) is 0.786. The molecule has 8 heteroatoms. The average molecular weight is 428 g/mol. The van der Waals surface area contributed by atoms with Crippen LogP contribution in [0.2, 0.25) is 0 Å². The molecule has 0 aromatic carbocycles. The lowest BCUT2D eigenvalue weighted by molar-refractivity contribution is -0.154. The molecule has 128 valence electrons. The lowest BCUT2D eigenvalue weighted by Gasteiger charge is -2.37. The van der Waals surface area contributed by atoms with Crippen LogP contribution in [0.4, 0.5) is 4.79 Å². The van der Waals surface area contributed by atoms with Crippen LogP contribution in [0.5, 0.6) is 0 Å². The molecule has 0 aliphatic rings. The molecular weight excluding hydrogens is 403 g/mol. The van der Waals surface area contributed by atoms with Crippen molar-refractivity contribution < 1.29 is 23.9 Å². The highest BCUT2D eigenvalue weighted by molar-refractivity contribution is 14.1. The third-order valence-electron chi connectivity index (χ3n) is 3.17. The third-order valence-corrected chi connectivity index (χ3v) is 4.19. The van der Waals surface area contributed by atoms with Crippen LogP contribution in [-0.4, -0.2) is 53.2 Å². The van der Waals surface area contributed by atoms with E-state index in [9.17, 15) is 14.4 Å². The summed E-state index contributed by atoms with van der Waals surface area (Å²) in [7, 11) is 2.51. The zero-order valence-corrected chi connectivity index (χ0v) is 16.1. The standard InChI is InChI=1S/C14H25IN2O5/c1-7-8-17(14(4,15)12(19)21-5)11(18)10(9(2)3)16-13(20)22-6/h9-10H,7-8H2,1-6H3,(H,16,20)/t10-,14+/m0/s1. The fourth-order valence-corrected chi connectivity index (χ4v) is 2.61. The van der Waals surface area contributed by atoms with Crippen LogP contribution in [0.1, 0.15) is 34.1 Å². The van der Waals surface area contributed by atoms with Gasteiger partial charge in [-0.3, -0.25) is 4.79 Å². The molecule has 22 heavy (non-hydrogen) atoms. The number of nitrogens with zero attached hydrogens (tertiary/aromatic N) is 1. The van der Waals surface area contributed by atoms with Crippen LogP contribution in [0.3, 0.4) is 0 Å². The Bertz CT molecular complexity index is 412. The van der Waals surface area contributed by atoms with Crippen LogP contribution < -0.4 is 5.32 Å². The van der Waals surface area contributed by atoms with Crippen molar-refractivity contribution in [2.45, 2.75) is 43.7 Å². The number of alkyl halides is 1. The lowest BCUT2D eigenvalue weighted by atomic mass is 10.0. The van der Waals surface area contributed by atoms with Crippen molar-refractivity contribution >= 4 is 40.6 Å². The average Bonchev–Trinajstić information content (AvgIpc) is 2.47. The molecule has 0 aromatic heterocycles. The molecule has 2 amide bonds. The minimum Gasteiger partial charge on any atom is -0.467 e. The van der Waals surface area contributed by atoms with Gasteiger partial charge in [-0.2, -0.15) is 0 Å². The van der Waals surface area contributed by atoms with Gasteiger partial charge in [-0.15, -0.1) is 0 Å². The normalized spacial score (nSPS) is 14.7. The summed E-state index contributed by atoms with van der Waals surface area (Å²) in [6.07, 6.45) is -0.0126. The number of methoxy groups -OCH3 is 2. The number of amides is 2. The maximum atomic E-state index is 12.8. The number of ether oxygens (including phenoxy) is 2. The number of alkyl carbamates (subject to hydrolysis) is 1. The molecule has 0 saturated heterocycles. The predicted molar refractivity (Wildman–Crippen MR) is 90.6 cm³/mol. The van der Waals surface area contributed by atoms with E-state index in [2.05, 4.69) is 10.1 Å². The van der Waals surface area contributed by atoms with E-state index in [1.165, 1.54) is 19.1 Å². The molecule has 0 bridgehead atoms. The molecule has 0 saturated carbocycles. The monoisotopic (exact) mass is 428 g/mol. The largest absolute Gasteiger partial charge is 0.467 e. The zero-order valence-electron chi connectivity index (χ0n) is 13.9. The van der Waals surface area contributed by atoms with E-state index in [0.29, 0.717) is 13.0 Å². The Balaban J connectivity index is 5.49. The smallest absolute Gasteiger partial charge is 0.407 e. The second kappa shape index (κ2) is 9.16. The molecular formula is C14H25IN2O5. The van der Waals surface area contributed by atoms with Crippen molar-refractivity contribution in [3.8, 4) is 0 Å². The summed E-state index contributed by atoms with van der Waals surface area (Å²) in [6.45, 7) is 7.51. The van der Waals surface area contributed by atoms with Crippen LogP contribution in [0, 0.1) is 5.92 Å². The van der Waals surface area contributed by atoms with E-state index in [-0.39, 0.29) is 11.8 Å². The third kappa shape index (κ3) is 5.29. The minimum atomic E-state index is -1.15. The van der Waals surface area contributed by atoms with Crippen LogP contribution in [-0.2, 0) is 19.1 Å². The van der Waals surface area contributed by atoms with Gasteiger partial charge in [-0.25, -0.2) is 9.59 Å². The Morgan fingerprint density at radius 3 is 2.14 bits per heavy atom. The first-order chi connectivity index (χ1) is 10.1. The van der Waals surface area contributed by atoms with Gasteiger partial charge in [0.05, 0.1) is 14.2 Å². The number of nitrogens with one attached hydrogen (secondary N) is 1. The Labute approximate surface area is 145 Å². The van der Waals surface area contributed by atoms with Crippen LogP contribution in [0.25, 0.3) is 0 Å². The number of halogens is 1. The second-order valence-electron chi connectivity index (χ2n) is 5.29. The van der Waals surface area contributed by atoms with Gasteiger partial charge in [0, 0.05) is 6.54 Å². The van der Waals surface area contributed by atoms with Crippen molar-refractivity contribution in [1.29, 1.82) is 0 Å². The molecule has 0 rings (SSSR count). The Kier molecular flexibility index (Phi) is 8.72. The van der Waals surface area contributed by atoms with E-state index in [4.69, 9.17) is 4.74 Å². The number of carbonyl (C=O) groups excluding carboxylic acids is 3. The van der Waals surface area contributed by atoms with Crippen molar-refractivity contribution in [2.75, 3.05) is 20.8 Å². The molecule has 0 aliphatic carbocycles. The second-order valence-corrected chi connectivity index (χ2v) is 7.39. The topological polar surface area (TPSA) is 84.9 Å².